The van der Waals surface area contributed by atoms with Crippen LogP contribution in [-0.4, -0.2) is 33.7 Å². The van der Waals surface area contributed by atoms with Gasteiger partial charge in [-0.15, -0.1) is 0 Å². The number of sulfonamides is 1. The molecule has 0 aliphatic rings. The van der Waals surface area contributed by atoms with Crippen molar-refractivity contribution in [3.05, 3.63) is 29.6 Å². The number of halogens is 1. The third-order valence-corrected chi connectivity index (χ3v) is 3.26. The zero-order chi connectivity index (χ0) is 15.3. The molecule has 1 unspecified atom stereocenters. The van der Waals surface area contributed by atoms with E-state index in [9.17, 15) is 17.6 Å². The predicted octanol–water partition coefficient (Wildman–Crippen LogP) is 1.05. The Bertz CT molecular complexity index is 588. The van der Waals surface area contributed by atoms with Crippen molar-refractivity contribution >= 4 is 16.0 Å². The molecule has 2 N–H and O–H groups in total. The van der Waals surface area contributed by atoms with Crippen LogP contribution in [0.5, 0.6) is 0 Å². The lowest BCUT2D eigenvalue weighted by atomic mass is 10.2. The summed E-state index contributed by atoms with van der Waals surface area (Å²) >= 11 is 0. The topological polar surface area (TPSA) is 95.7 Å². The maximum Gasteiger partial charge on any atom is 0.341 e. The van der Waals surface area contributed by atoms with Crippen molar-refractivity contribution < 1.29 is 27.1 Å². The average molecular weight is 305 g/mol. The van der Waals surface area contributed by atoms with Gasteiger partial charge in [0.05, 0.1) is 17.1 Å². The first-order valence-electron chi connectivity index (χ1n) is 5.86. The second-order valence-electron chi connectivity index (χ2n) is 4.06. The summed E-state index contributed by atoms with van der Waals surface area (Å²) in [7, 11) is -4.02. The Morgan fingerprint density at radius 1 is 1.45 bits per heavy atom. The Morgan fingerprint density at radius 3 is 2.65 bits per heavy atom. The molecule has 0 spiro atoms. The molecule has 1 aromatic carbocycles. The third kappa shape index (κ3) is 4.55. The summed E-state index contributed by atoms with van der Waals surface area (Å²) < 4.78 is 45.9. The molecular formula is C12H16FNO5S. The number of esters is 1. The van der Waals surface area contributed by atoms with Gasteiger partial charge in [0.25, 0.3) is 0 Å². The Morgan fingerprint density at radius 2 is 2.10 bits per heavy atom. The molecule has 0 saturated carbocycles. The SMILES string of the molecule is CCOCC(C)OC(=O)c1cc(S(N)(=O)=O)ccc1F. The number of carbonyl (C=O) groups is 1. The molecule has 1 atom stereocenters. The van der Waals surface area contributed by atoms with Crippen LogP contribution >= 0.6 is 0 Å². The van der Waals surface area contributed by atoms with Crippen molar-refractivity contribution in [1.29, 1.82) is 0 Å². The lowest BCUT2D eigenvalue weighted by Crippen LogP contribution is -2.21. The highest BCUT2D eigenvalue weighted by molar-refractivity contribution is 7.89. The van der Waals surface area contributed by atoms with Gasteiger partial charge in [-0.3, -0.25) is 0 Å². The highest BCUT2D eigenvalue weighted by Crippen LogP contribution is 2.15. The van der Waals surface area contributed by atoms with Crippen LogP contribution in [0.4, 0.5) is 4.39 Å². The van der Waals surface area contributed by atoms with Gasteiger partial charge in [0.15, 0.2) is 0 Å². The second-order valence-corrected chi connectivity index (χ2v) is 5.62. The van der Waals surface area contributed by atoms with Gasteiger partial charge < -0.3 is 9.47 Å². The van der Waals surface area contributed by atoms with Gasteiger partial charge in [-0.1, -0.05) is 0 Å². The van der Waals surface area contributed by atoms with E-state index >= 15 is 0 Å². The summed E-state index contributed by atoms with van der Waals surface area (Å²) in [5.74, 6) is -1.86. The van der Waals surface area contributed by atoms with Crippen LogP contribution < -0.4 is 5.14 Å². The van der Waals surface area contributed by atoms with Gasteiger partial charge in [-0.05, 0) is 32.0 Å². The molecule has 1 rings (SSSR count). The van der Waals surface area contributed by atoms with Crippen molar-refractivity contribution in [2.45, 2.75) is 24.8 Å². The minimum atomic E-state index is -4.02. The quantitative estimate of drug-likeness (QED) is 0.793. The molecule has 0 aromatic heterocycles. The minimum absolute atomic E-state index is 0.165. The van der Waals surface area contributed by atoms with Crippen molar-refractivity contribution in [3.8, 4) is 0 Å². The van der Waals surface area contributed by atoms with Gasteiger partial charge in [-0.25, -0.2) is 22.7 Å². The summed E-state index contributed by atoms with van der Waals surface area (Å²) in [6.45, 7) is 3.98. The van der Waals surface area contributed by atoms with Crippen molar-refractivity contribution in [2.75, 3.05) is 13.2 Å². The molecule has 112 valence electrons. The number of carbonyl (C=O) groups excluding carboxylic acids is 1. The first-order valence-corrected chi connectivity index (χ1v) is 7.41. The number of rotatable bonds is 6. The van der Waals surface area contributed by atoms with E-state index in [4.69, 9.17) is 14.6 Å². The largest absolute Gasteiger partial charge is 0.457 e. The summed E-state index contributed by atoms with van der Waals surface area (Å²) in [6, 6.07) is 2.68. The van der Waals surface area contributed by atoms with Crippen LogP contribution in [0.2, 0.25) is 0 Å². The fourth-order valence-corrected chi connectivity index (χ4v) is 1.94. The third-order valence-electron chi connectivity index (χ3n) is 2.35. The lowest BCUT2D eigenvalue weighted by Gasteiger charge is -2.13. The standard InChI is InChI=1S/C12H16FNO5S/c1-3-18-7-8(2)19-12(15)10-6-9(20(14,16)17)4-5-11(10)13/h4-6,8H,3,7H2,1-2H3,(H2,14,16,17). The fourth-order valence-electron chi connectivity index (χ4n) is 1.40. The van der Waals surface area contributed by atoms with Crippen molar-refractivity contribution in [3.63, 3.8) is 0 Å². The van der Waals surface area contributed by atoms with E-state index in [1.54, 1.807) is 13.8 Å². The van der Waals surface area contributed by atoms with Crippen LogP contribution in [0.15, 0.2) is 23.1 Å². The number of primary sulfonamides is 1. The Balaban J connectivity index is 2.93. The molecule has 0 bridgehead atoms. The number of hydrogen-bond donors (Lipinski definition) is 1. The first kappa shape index (κ1) is 16.5. The van der Waals surface area contributed by atoms with E-state index < -0.39 is 33.5 Å². The van der Waals surface area contributed by atoms with E-state index in [1.807, 2.05) is 0 Å². The van der Waals surface area contributed by atoms with E-state index in [-0.39, 0.29) is 11.5 Å². The normalized spacial score (nSPS) is 13.0. The Kier molecular flexibility index (Phi) is 5.61. The molecule has 6 nitrogen and oxygen atoms in total. The summed E-state index contributed by atoms with van der Waals surface area (Å²) in [4.78, 5) is 11.4. The molecule has 8 heteroatoms. The minimum Gasteiger partial charge on any atom is -0.457 e. The predicted molar refractivity (Wildman–Crippen MR) is 69.1 cm³/mol. The Labute approximate surface area is 116 Å². The van der Waals surface area contributed by atoms with Gasteiger partial charge in [0, 0.05) is 6.61 Å². The molecule has 20 heavy (non-hydrogen) atoms. The molecular weight excluding hydrogens is 289 g/mol. The monoisotopic (exact) mass is 305 g/mol. The Hall–Kier alpha value is -1.51. The molecule has 0 amide bonds. The van der Waals surface area contributed by atoms with Gasteiger partial charge >= 0.3 is 5.97 Å². The number of benzene rings is 1. The average Bonchev–Trinajstić information content (AvgIpc) is 2.35. The van der Waals surface area contributed by atoms with Crippen LogP contribution in [-0.2, 0) is 19.5 Å². The fraction of sp³-hybridized carbons (Fsp3) is 0.417. The van der Waals surface area contributed by atoms with Crippen LogP contribution in [0.1, 0.15) is 24.2 Å². The number of ether oxygens (including phenoxy) is 2. The van der Waals surface area contributed by atoms with E-state index in [1.165, 1.54) is 0 Å². The molecule has 0 aliphatic carbocycles. The van der Waals surface area contributed by atoms with Gasteiger partial charge in [0.2, 0.25) is 10.0 Å². The zero-order valence-electron chi connectivity index (χ0n) is 11.1. The summed E-state index contributed by atoms with van der Waals surface area (Å²) in [5.41, 5.74) is -0.486. The van der Waals surface area contributed by atoms with Crippen LogP contribution in [0.3, 0.4) is 0 Å². The van der Waals surface area contributed by atoms with Crippen LogP contribution in [0.25, 0.3) is 0 Å². The maximum absolute atomic E-state index is 13.5. The van der Waals surface area contributed by atoms with Gasteiger partial charge in [0.1, 0.15) is 11.9 Å². The summed E-state index contributed by atoms with van der Waals surface area (Å²) in [6.07, 6.45) is -0.583. The van der Waals surface area contributed by atoms with E-state index in [2.05, 4.69) is 0 Å². The molecule has 0 heterocycles. The van der Waals surface area contributed by atoms with Crippen LogP contribution in [0, 0.1) is 5.82 Å². The highest BCUT2D eigenvalue weighted by atomic mass is 32.2. The molecule has 0 radical (unpaired) electrons. The number of nitrogens with two attached hydrogens (primary N) is 1. The number of hydrogen-bond acceptors (Lipinski definition) is 5. The molecule has 1 aromatic rings. The van der Waals surface area contributed by atoms with E-state index in [0.29, 0.717) is 6.61 Å². The summed E-state index contributed by atoms with van der Waals surface area (Å²) in [5, 5.41) is 4.92. The molecule has 0 saturated heterocycles. The zero-order valence-corrected chi connectivity index (χ0v) is 11.9. The maximum atomic E-state index is 13.5. The van der Waals surface area contributed by atoms with Crippen molar-refractivity contribution in [1.82, 2.24) is 0 Å². The molecule has 0 fully saturated rings. The highest BCUT2D eigenvalue weighted by Gasteiger charge is 2.19. The van der Waals surface area contributed by atoms with Gasteiger partial charge in [-0.2, -0.15) is 0 Å². The molecule has 0 aliphatic heterocycles. The lowest BCUT2D eigenvalue weighted by molar-refractivity contribution is 0.00398. The van der Waals surface area contributed by atoms with Crippen molar-refractivity contribution in [2.24, 2.45) is 5.14 Å². The smallest absolute Gasteiger partial charge is 0.341 e. The first-order chi connectivity index (χ1) is 9.25. The second kappa shape index (κ2) is 6.78. The van der Waals surface area contributed by atoms with E-state index in [0.717, 1.165) is 18.2 Å².